The van der Waals surface area contributed by atoms with E-state index in [0.29, 0.717) is 5.41 Å². The molecule has 0 spiro atoms. The van der Waals surface area contributed by atoms with Gasteiger partial charge in [0.25, 0.3) is 0 Å². The average Bonchev–Trinajstić information content (AvgIpc) is 2.07. The Balaban J connectivity index is 0. The van der Waals surface area contributed by atoms with Crippen LogP contribution in [0.15, 0.2) is 0 Å². The molecular weight excluding hydrogens is 144 g/mol. The zero-order chi connectivity index (χ0) is 10.0. The van der Waals surface area contributed by atoms with Crippen molar-refractivity contribution in [2.75, 3.05) is 0 Å². The van der Waals surface area contributed by atoms with Crippen LogP contribution in [0.25, 0.3) is 0 Å². The maximum atomic E-state index is 2.30. The molecule has 0 aromatic carbocycles. The molecule has 0 saturated heterocycles. The van der Waals surface area contributed by atoms with E-state index < -0.39 is 0 Å². The topological polar surface area (TPSA) is 0 Å². The zero-order valence-corrected chi connectivity index (χ0v) is 10.0. The van der Waals surface area contributed by atoms with Gasteiger partial charge in [-0.3, -0.25) is 0 Å². The second kappa shape index (κ2) is 9.09. The summed E-state index contributed by atoms with van der Waals surface area (Å²) in [5, 5.41) is 0. The van der Waals surface area contributed by atoms with Gasteiger partial charge in [0.15, 0.2) is 0 Å². The number of hydrogen-bond acceptors (Lipinski definition) is 0. The van der Waals surface area contributed by atoms with Gasteiger partial charge < -0.3 is 0 Å². The van der Waals surface area contributed by atoms with Gasteiger partial charge in [0.1, 0.15) is 0 Å². The summed E-state index contributed by atoms with van der Waals surface area (Å²) in [7, 11) is 0. The molecule has 0 aliphatic rings. The molecule has 0 aromatic heterocycles. The van der Waals surface area contributed by atoms with E-state index in [1.54, 1.807) is 0 Å². The van der Waals surface area contributed by atoms with Crippen LogP contribution in [0, 0.1) is 5.41 Å². The van der Waals surface area contributed by atoms with Crippen LogP contribution in [0.2, 0.25) is 0 Å². The SMILES string of the molecule is CCC(C)(C)CC.CCCCC. The van der Waals surface area contributed by atoms with Gasteiger partial charge in [0, 0.05) is 0 Å². The van der Waals surface area contributed by atoms with Crippen LogP contribution < -0.4 is 0 Å². The normalized spacial score (nSPS) is 10.5. The van der Waals surface area contributed by atoms with E-state index in [-0.39, 0.29) is 0 Å². The van der Waals surface area contributed by atoms with Gasteiger partial charge >= 0.3 is 0 Å². The van der Waals surface area contributed by atoms with Crippen molar-refractivity contribution < 1.29 is 0 Å². The minimum absolute atomic E-state index is 0.583. The quantitative estimate of drug-likeness (QED) is 0.558. The molecule has 0 amide bonds. The van der Waals surface area contributed by atoms with Gasteiger partial charge in [-0.05, 0) is 5.41 Å². The van der Waals surface area contributed by atoms with E-state index in [2.05, 4.69) is 41.5 Å². The van der Waals surface area contributed by atoms with E-state index >= 15 is 0 Å². The molecule has 0 radical (unpaired) electrons. The van der Waals surface area contributed by atoms with Crippen molar-refractivity contribution in [1.82, 2.24) is 0 Å². The summed E-state index contributed by atoms with van der Waals surface area (Å²) < 4.78 is 0. The van der Waals surface area contributed by atoms with E-state index in [9.17, 15) is 0 Å². The Morgan fingerprint density at radius 1 is 0.750 bits per heavy atom. The molecule has 0 aliphatic heterocycles. The molecular formula is C12H28. The molecule has 0 aromatic rings. The number of rotatable bonds is 4. The minimum Gasteiger partial charge on any atom is -0.0654 e. The summed E-state index contributed by atoms with van der Waals surface area (Å²) in [6.45, 7) is 13.5. The molecule has 76 valence electrons. The first-order chi connectivity index (χ1) is 5.54. The summed E-state index contributed by atoms with van der Waals surface area (Å²) >= 11 is 0. The molecule has 0 N–H and O–H groups in total. The molecule has 0 bridgehead atoms. The molecule has 0 unspecified atom stereocenters. The van der Waals surface area contributed by atoms with E-state index in [1.807, 2.05) is 0 Å². The third kappa shape index (κ3) is 12.7. The summed E-state index contributed by atoms with van der Waals surface area (Å²) in [4.78, 5) is 0. The van der Waals surface area contributed by atoms with E-state index in [0.717, 1.165) is 0 Å². The largest absolute Gasteiger partial charge is 0.0654 e. The molecule has 0 fully saturated rings. The highest BCUT2D eigenvalue weighted by molar-refractivity contribution is 4.61. The summed E-state index contributed by atoms with van der Waals surface area (Å²) in [6.07, 6.45) is 6.67. The van der Waals surface area contributed by atoms with Crippen LogP contribution >= 0.6 is 0 Å². The van der Waals surface area contributed by atoms with Crippen LogP contribution in [-0.4, -0.2) is 0 Å². The fourth-order valence-corrected chi connectivity index (χ4v) is 0.604. The van der Waals surface area contributed by atoms with Gasteiger partial charge in [0.05, 0.1) is 0 Å². The fraction of sp³-hybridized carbons (Fsp3) is 1.00. The Hall–Kier alpha value is 0. The van der Waals surface area contributed by atoms with Crippen molar-refractivity contribution >= 4 is 0 Å². The maximum Gasteiger partial charge on any atom is -0.0359 e. The van der Waals surface area contributed by atoms with Gasteiger partial charge in [-0.2, -0.15) is 0 Å². The Morgan fingerprint density at radius 3 is 1.08 bits per heavy atom. The first-order valence-corrected chi connectivity index (χ1v) is 5.54. The van der Waals surface area contributed by atoms with Gasteiger partial charge in [-0.15, -0.1) is 0 Å². The first kappa shape index (κ1) is 14.5. The summed E-state index contributed by atoms with van der Waals surface area (Å²) in [6, 6.07) is 0. The predicted octanol–water partition coefficient (Wildman–Crippen LogP) is 5.03. The third-order valence-electron chi connectivity index (χ3n) is 2.62. The molecule has 0 heteroatoms. The average molecular weight is 172 g/mol. The second-order valence-corrected chi connectivity index (χ2v) is 4.22. The molecule has 0 saturated carbocycles. The highest BCUT2D eigenvalue weighted by Crippen LogP contribution is 2.22. The Labute approximate surface area is 79.8 Å². The standard InChI is InChI=1S/C7H16.C5H12/c1-5-7(3,4)6-2;1-3-5-4-2/h5-6H2,1-4H3;3-5H2,1-2H3. The number of hydrogen-bond donors (Lipinski definition) is 0. The Morgan fingerprint density at radius 2 is 1.08 bits per heavy atom. The van der Waals surface area contributed by atoms with Crippen LogP contribution in [0.5, 0.6) is 0 Å². The third-order valence-corrected chi connectivity index (χ3v) is 2.62. The lowest BCUT2D eigenvalue weighted by atomic mass is 9.88. The minimum atomic E-state index is 0.583. The summed E-state index contributed by atoms with van der Waals surface area (Å²) in [5.41, 5.74) is 0.583. The summed E-state index contributed by atoms with van der Waals surface area (Å²) in [5.74, 6) is 0. The lowest BCUT2D eigenvalue weighted by Crippen LogP contribution is -2.05. The lowest BCUT2D eigenvalue weighted by molar-refractivity contribution is 0.338. The van der Waals surface area contributed by atoms with Crippen molar-refractivity contribution in [2.45, 2.75) is 73.6 Å². The van der Waals surface area contributed by atoms with Crippen LogP contribution in [-0.2, 0) is 0 Å². The van der Waals surface area contributed by atoms with E-state index in [4.69, 9.17) is 0 Å². The number of unbranched alkanes of at least 4 members (excludes halogenated alkanes) is 2. The second-order valence-electron chi connectivity index (χ2n) is 4.22. The first-order valence-electron chi connectivity index (χ1n) is 5.54. The molecule has 12 heavy (non-hydrogen) atoms. The molecule has 0 heterocycles. The van der Waals surface area contributed by atoms with Crippen molar-refractivity contribution in [1.29, 1.82) is 0 Å². The van der Waals surface area contributed by atoms with Gasteiger partial charge in [-0.1, -0.05) is 73.6 Å². The van der Waals surface area contributed by atoms with Crippen molar-refractivity contribution in [3.8, 4) is 0 Å². The molecule has 0 nitrogen and oxygen atoms in total. The highest BCUT2D eigenvalue weighted by Gasteiger charge is 2.09. The van der Waals surface area contributed by atoms with Crippen LogP contribution in [0.3, 0.4) is 0 Å². The van der Waals surface area contributed by atoms with Crippen molar-refractivity contribution in [2.24, 2.45) is 5.41 Å². The van der Waals surface area contributed by atoms with Crippen molar-refractivity contribution in [3.05, 3.63) is 0 Å². The predicted molar refractivity (Wildman–Crippen MR) is 59.6 cm³/mol. The molecule has 0 atom stereocenters. The lowest BCUT2D eigenvalue weighted by Gasteiger charge is -2.18. The van der Waals surface area contributed by atoms with Crippen LogP contribution in [0.4, 0.5) is 0 Å². The van der Waals surface area contributed by atoms with Crippen LogP contribution in [0.1, 0.15) is 73.6 Å². The smallest absolute Gasteiger partial charge is 0.0359 e. The van der Waals surface area contributed by atoms with Crippen molar-refractivity contribution in [3.63, 3.8) is 0 Å². The Bertz CT molecular complexity index is 64.1. The maximum absolute atomic E-state index is 2.30. The molecule has 0 rings (SSSR count). The zero-order valence-electron chi connectivity index (χ0n) is 10.0. The van der Waals surface area contributed by atoms with Gasteiger partial charge in [-0.25, -0.2) is 0 Å². The highest BCUT2D eigenvalue weighted by atomic mass is 14.1. The van der Waals surface area contributed by atoms with Gasteiger partial charge in [0.2, 0.25) is 0 Å². The monoisotopic (exact) mass is 172 g/mol. The fourth-order valence-electron chi connectivity index (χ4n) is 0.604. The Kier molecular flexibility index (Phi) is 11.0. The molecule has 0 aliphatic carbocycles. The van der Waals surface area contributed by atoms with E-state index in [1.165, 1.54) is 32.1 Å².